The molecule has 4 nitrogen and oxygen atoms in total. The third-order valence-electron chi connectivity index (χ3n) is 2.03. The van der Waals surface area contributed by atoms with E-state index < -0.39 is 0 Å². The Labute approximate surface area is 92.3 Å². The lowest BCUT2D eigenvalue weighted by Crippen LogP contribution is -1.95. The van der Waals surface area contributed by atoms with Crippen LogP contribution in [-0.2, 0) is 12.3 Å². The predicted octanol–water partition coefficient (Wildman–Crippen LogP) is 1.56. The summed E-state index contributed by atoms with van der Waals surface area (Å²) < 4.78 is 0. The first-order valence-electron chi connectivity index (χ1n) is 4.64. The van der Waals surface area contributed by atoms with Gasteiger partial charge >= 0.3 is 0 Å². The van der Waals surface area contributed by atoms with Gasteiger partial charge in [-0.3, -0.25) is 5.10 Å². The third kappa shape index (κ3) is 2.81. The monoisotopic (exact) mass is 220 g/mol. The Balaban J connectivity index is 1.93. The summed E-state index contributed by atoms with van der Waals surface area (Å²) in [5.41, 5.74) is 7.94. The van der Waals surface area contributed by atoms with Crippen molar-refractivity contribution in [3.8, 4) is 0 Å². The van der Waals surface area contributed by atoms with Gasteiger partial charge in [-0.1, -0.05) is 36.0 Å². The minimum atomic E-state index is 0.593. The minimum absolute atomic E-state index is 0.593. The number of benzene rings is 1. The lowest BCUT2D eigenvalue weighted by Gasteiger charge is -2.00. The van der Waals surface area contributed by atoms with Gasteiger partial charge in [-0.2, -0.15) is 5.10 Å². The van der Waals surface area contributed by atoms with Crippen LogP contribution in [0.3, 0.4) is 0 Å². The van der Waals surface area contributed by atoms with Crippen LogP contribution in [-0.4, -0.2) is 15.2 Å². The van der Waals surface area contributed by atoms with Gasteiger partial charge in [0, 0.05) is 12.3 Å². The van der Waals surface area contributed by atoms with Gasteiger partial charge in [0.2, 0.25) is 0 Å². The van der Waals surface area contributed by atoms with E-state index in [1.807, 2.05) is 0 Å². The van der Waals surface area contributed by atoms with Gasteiger partial charge in [-0.25, -0.2) is 4.98 Å². The summed E-state index contributed by atoms with van der Waals surface area (Å²) in [5, 5.41) is 7.45. The van der Waals surface area contributed by atoms with E-state index in [1.165, 1.54) is 11.9 Å². The fraction of sp³-hybridized carbons (Fsp3) is 0.200. The van der Waals surface area contributed by atoms with E-state index >= 15 is 0 Å². The van der Waals surface area contributed by atoms with Crippen molar-refractivity contribution in [3.63, 3.8) is 0 Å². The second-order valence-corrected chi connectivity index (χ2v) is 4.06. The Morgan fingerprint density at radius 2 is 1.93 bits per heavy atom. The highest BCUT2D eigenvalue weighted by Gasteiger charge is 1.98. The molecule has 1 aromatic carbocycles. The lowest BCUT2D eigenvalue weighted by molar-refractivity contribution is 0.972. The van der Waals surface area contributed by atoms with Gasteiger partial charge in [0.15, 0.2) is 5.16 Å². The van der Waals surface area contributed by atoms with Crippen molar-refractivity contribution in [3.05, 3.63) is 41.7 Å². The average Bonchev–Trinajstić information content (AvgIpc) is 2.80. The van der Waals surface area contributed by atoms with Crippen LogP contribution in [0.5, 0.6) is 0 Å². The van der Waals surface area contributed by atoms with E-state index in [1.54, 1.807) is 11.8 Å². The minimum Gasteiger partial charge on any atom is -0.326 e. The molecule has 3 N–H and O–H groups in total. The Bertz CT molecular complexity index is 396. The fourth-order valence-electron chi connectivity index (χ4n) is 1.19. The molecule has 5 heteroatoms. The molecule has 0 unspecified atom stereocenters. The van der Waals surface area contributed by atoms with Gasteiger partial charge in [0.25, 0.3) is 0 Å². The molecule has 0 aliphatic carbocycles. The molecule has 0 amide bonds. The molecule has 2 aromatic rings. The van der Waals surface area contributed by atoms with E-state index in [-0.39, 0.29) is 0 Å². The zero-order valence-electron chi connectivity index (χ0n) is 8.18. The Hall–Kier alpha value is -1.33. The molecule has 0 saturated carbocycles. The van der Waals surface area contributed by atoms with Crippen LogP contribution in [0.2, 0.25) is 0 Å². The molecule has 78 valence electrons. The van der Waals surface area contributed by atoms with Crippen molar-refractivity contribution in [2.45, 2.75) is 17.5 Å². The van der Waals surface area contributed by atoms with Crippen LogP contribution in [0.15, 0.2) is 35.7 Å². The molecule has 0 atom stereocenters. The summed E-state index contributed by atoms with van der Waals surface area (Å²) in [6, 6.07) is 8.28. The van der Waals surface area contributed by atoms with Crippen LogP contribution in [0.4, 0.5) is 0 Å². The number of rotatable bonds is 4. The number of aromatic amines is 1. The molecular formula is C10H12N4S. The van der Waals surface area contributed by atoms with Crippen molar-refractivity contribution in [2.75, 3.05) is 0 Å². The quantitative estimate of drug-likeness (QED) is 0.767. The van der Waals surface area contributed by atoms with E-state index in [0.29, 0.717) is 6.54 Å². The molecule has 0 spiro atoms. The molecule has 1 heterocycles. The van der Waals surface area contributed by atoms with Crippen molar-refractivity contribution in [2.24, 2.45) is 5.73 Å². The number of nitrogens with one attached hydrogen (secondary N) is 1. The number of thioether (sulfide) groups is 1. The number of nitrogens with zero attached hydrogens (tertiary/aromatic N) is 2. The molecule has 0 saturated heterocycles. The number of aromatic nitrogens is 3. The first kappa shape index (κ1) is 10.2. The standard InChI is InChI=1S/C10H12N4S/c11-5-8-1-3-9(4-2-8)6-15-10-12-7-13-14-10/h1-4,7H,5-6,11H2,(H,12,13,14). The Morgan fingerprint density at radius 1 is 1.20 bits per heavy atom. The van der Waals surface area contributed by atoms with E-state index in [0.717, 1.165) is 16.5 Å². The number of hydrogen-bond donors (Lipinski definition) is 2. The maximum Gasteiger partial charge on any atom is 0.183 e. The van der Waals surface area contributed by atoms with Gasteiger partial charge in [0.05, 0.1) is 0 Å². The molecule has 0 aliphatic heterocycles. The maximum absolute atomic E-state index is 5.52. The summed E-state index contributed by atoms with van der Waals surface area (Å²) in [5.74, 6) is 0.889. The predicted molar refractivity (Wildman–Crippen MR) is 60.3 cm³/mol. The number of H-pyrrole nitrogens is 1. The highest BCUT2D eigenvalue weighted by molar-refractivity contribution is 7.98. The van der Waals surface area contributed by atoms with Crippen LogP contribution < -0.4 is 5.73 Å². The zero-order chi connectivity index (χ0) is 10.5. The topological polar surface area (TPSA) is 67.6 Å². The molecular weight excluding hydrogens is 208 g/mol. The number of hydrogen-bond acceptors (Lipinski definition) is 4. The van der Waals surface area contributed by atoms with Crippen molar-refractivity contribution >= 4 is 11.8 Å². The second kappa shape index (κ2) is 4.95. The third-order valence-corrected chi connectivity index (χ3v) is 2.97. The summed E-state index contributed by atoms with van der Waals surface area (Å²) in [7, 11) is 0. The summed E-state index contributed by atoms with van der Waals surface area (Å²) in [6.07, 6.45) is 1.51. The van der Waals surface area contributed by atoms with Crippen LogP contribution >= 0.6 is 11.8 Å². The highest BCUT2D eigenvalue weighted by atomic mass is 32.2. The van der Waals surface area contributed by atoms with Crippen molar-refractivity contribution in [1.29, 1.82) is 0 Å². The molecule has 0 radical (unpaired) electrons. The maximum atomic E-state index is 5.52. The van der Waals surface area contributed by atoms with Gasteiger partial charge in [-0.05, 0) is 11.1 Å². The molecule has 0 bridgehead atoms. The molecule has 2 rings (SSSR count). The summed E-state index contributed by atoms with van der Waals surface area (Å²) in [6.45, 7) is 0.593. The van der Waals surface area contributed by atoms with Crippen LogP contribution in [0.1, 0.15) is 11.1 Å². The van der Waals surface area contributed by atoms with Gasteiger partial charge < -0.3 is 5.73 Å². The fourth-order valence-corrected chi connectivity index (χ4v) is 1.92. The first-order chi connectivity index (χ1) is 7.38. The molecule has 0 fully saturated rings. The van der Waals surface area contributed by atoms with Crippen molar-refractivity contribution < 1.29 is 0 Å². The first-order valence-corrected chi connectivity index (χ1v) is 5.63. The lowest BCUT2D eigenvalue weighted by atomic mass is 10.1. The van der Waals surface area contributed by atoms with E-state index in [4.69, 9.17) is 5.73 Å². The summed E-state index contributed by atoms with van der Waals surface area (Å²) in [4.78, 5) is 4.04. The molecule has 1 aromatic heterocycles. The molecule has 0 aliphatic rings. The normalized spacial score (nSPS) is 10.5. The van der Waals surface area contributed by atoms with Crippen LogP contribution in [0, 0.1) is 0 Å². The molecule has 15 heavy (non-hydrogen) atoms. The largest absolute Gasteiger partial charge is 0.326 e. The van der Waals surface area contributed by atoms with Crippen LogP contribution in [0.25, 0.3) is 0 Å². The highest BCUT2D eigenvalue weighted by Crippen LogP contribution is 2.18. The smallest absolute Gasteiger partial charge is 0.183 e. The second-order valence-electron chi connectivity index (χ2n) is 3.10. The van der Waals surface area contributed by atoms with Crippen molar-refractivity contribution in [1.82, 2.24) is 15.2 Å². The van der Waals surface area contributed by atoms with E-state index in [2.05, 4.69) is 39.4 Å². The average molecular weight is 220 g/mol. The van der Waals surface area contributed by atoms with Gasteiger partial charge in [-0.15, -0.1) is 0 Å². The van der Waals surface area contributed by atoms with E-state index in [9.17, 15) is 0 Å². The summed E-state index contributed by atoms with van der Waals surface area (Å²) >= 11 is 1.63. The zero-order valence-corrected chi connectivity index (χ0v) is 9.00. The number of nitrogens with two attached hydrogens (primary N) is 1. The Kier molecular flexibility index (Phi) is 3.37. The SMILES string of the molecule is NCc1ccc(CSc2ncn[nH]2)cc1. The van der Waals surface area contributed by atoms with Gasteiger partial charge in [0.1, 0.15) is 6.33 Å². The Morgan fingerprint density at radius 3 is 2.53 bits per heavy atom.